The molecule has 1 aliphatic carbocycles. The van der Waals surface area contributed by atoms with Crippen LogP contribution in [0.3, 0.4) is 0 Å². The number of nitrogens with zero attached hydrogens (tertiary/aromatic N) is 1. The summed E-state index contributed by atoms with van der Waals surface area (Å²) >= 11 is 1.53. The Kier molecular flexibility index (Phi) is 1.76. The zero-order valence-electron chi connectivity index (χ0n) is 8.28. The lowest BCUT2D eigenvalue weighted by Crippen LogP contribution is -1.90. The van der Waals surface area contributed by atoms with Gasteiger partial charge in [0.05, 0.1) is 5.69 Å². The first-order valence-electron chi connectivity index (χ1n) is 4.84. The van der Waals surface area contributed by atoms with E-state index in [2.05, 4.69) is 17.1 Å². The van der Waals surface area contributed by atoms with E-state index in [9.17, 15) is 4.79 Å². The fourth-order valence-electron chi connectivity index (χ4n) is 1.91. The Morgan fingerprint density at radius 2 is 2.20 bits per heavy atom. The van der Waals surface area contributed by atoms with E-state index in [0.717, 1.165) is 12.1 Å². The van der Waals surface area contributed by atoms with Crippen molar-refractivity contribution in [1.82, 2.24) is 4.98 Å². The van der Waals surface area contributed by atoms with Gasteiger partial charge in [-0.15, -0.1) is 11.3 Å². The highest BCUT2D eigenvalue weighted by Gasteiger charge is 2.23. The molecule has 0 spiro atoms. The lowest BCUT2D eigenvalue weighted by molar-refractivity contribution is 0.101. The number of carbonyl (C=O) groups is 1. The van der Waals surface area contributed by atoms with E-state index in [1.807, 2.05) is 12.1 Å². The van der Waals surface area contributed by atoms with Crippen LogP contribution in [0.15, 0.2) is 24.3 Å². The van der Waals surface area contributed by atoms with E-state index >= 15 is 0 Å². The third kappa shape index (κ3) is 1.23. The van der Waals surface area contributed by atoms with Crippen molar-refractivity contribution in [3.63, 3.8) is 0 Å². The van der Waals surface area contributed by atoms with E-state index in [4.69, 9.17) is 0 Å². The van der Waals surface area contributed by atoms with Crippen molar-refractivity contribution in [3.8, 4) is 11.3 Å². The molecule has 0 saturated heterocycles. The number of ketones is 1. The Labute approximate surface area is 91.6 Å². The number of thiazole rings is 1. The Balaban J connectivity index is 2.19. The van der Waals surface area contributed by atoms with Crippen LogP contribution in [0, 0.1) is 0 Å². The quantitative estimate of drug-likeness (QED) is 0.584. The van der Waals surface area contributed by atoms with Gasteiger partial charge < -0.3 is 0 Å². The average Bonchev–Trinajstić information content (AvgIpc) is 2.73. The lowest BCUT2D eigenvalue weighted by Gasteiger charge is -1.96. The van der Waals surface area contributed by atoms with Gasteiger partial charge in [0.1, 0.15) is 0 Å². The minimum Gasteiger partial charge on any atom is -0.292 e. The fourth-order valence-corrected chi connectivity index (χ4v) is 2.91. The van der Waals surface area contributed by atoms with Crippen molar-refractivity contribution in [2.24, 2.45) is 0 Å². The number of hydrogen-bond acceptors (Lipinski definition) is 3. The summed E-state index contributed by atoms with van der Waals surface area (Å²) in [6, 6.07) is 8.25. The smallest absolute Gasteiger partial charge is 0.188 e. The summed E-state index contributed by atoms with van der Waals surface area (Å²) < 4.78 is 0. The monoisotopic (exact) mass is 215 g/mol. The van der Waals surface area contributed by atoms with Crippen LogP contribution in [0.25, 0.3) is 11.3 Å². The van der Waals surface area contributed by atoms with Gasteiger partial charge in [0.2, 0.25) is 0 Å². The van der Waals surface area contributed by atoms with Gasteiger partial charge in [0.15, 0.2) is 10.8 Å². The Bertz CT molecular complexity index is 556. The summed E-state index contributed by atoms with van der Waals surface area (Å²) in [6.07, 6.45) is 0.927. The van der Waals surface area contributed by atoms with Gasteiger partial charge in [0.25, 0.3) is 0 Å². The van der Waals surface area contributed by atoms with Crippen LogP contribution in [0.1, 0.15) is 27.2 Å². The third-order valence-corrected chi connectivity index (χ3v) is 3.78. The molecule has 0 amide bonds. The molecule has 2 aromatic rings. The number of rotatable bonds is 1. The second-order valence-electron chi connectivity index (χ2n) is 3.68. The van der Waals surface area contributed by atoms with Crippen molar-refractivity contribution in [2.45, 2.75) is 13.3 Å². The van der Waals surface area contributed by atoms with Gasteiger partial charge in [0, 0.05) is 23.8 Å². The molecule has 2 nitrogen and oxygen atoms in total. The molecule has 0 atom stereocenters. The molecule has 1 heterocycles. The summed E-state index contributed by atoms with van der Waals surface area (Å²) in [5.41, 5.74) is 3.53. The van der Waals surface area contributed by atoms with Gasteiger partial charge in [-0.05, 0) is 5.56 Å². The lowest BCUT2D eigenvalue weighted by atomic mass is 10.1. The molecule has 3 rings (SSSR count). The van der Waals surface area contributed by atoms with E-state index in [-0.39, 0.29) is 5.78 Å². The molecule has 1 aliphatic rings. The normalized spacial score (nSPS) is 12.3. The number of Topliss-reactive ketones (excluding diaryl/α,β-unsaturated/α-hetero) is 1. The second kappa shape index (κ2) is 3.00. The molecule has 0 saturated carbocycles. The maximum Gasteiger partial charge on any atom is 0.188 e. The first kappa shape index (κ1) is 8.80. The van der Waals surface area contributed by atoms with E-state index in [0.29, 0.717) is 5.01 Å². The van der Waals surface area contributed by atoms with Crippen LogP contribution in [0.2, 0.25) is 0 Å². The maximum absolute atomic E-state index is 11.2. The summed E-state index contributed by atoms with van der Waals surface area (Å²) in [7, 11) is 0. The molecule has 74 valence electrons. The average molecular weight is 215 g/mol. The highest BCUT2D eigenvalue weighted by atomic mass is 32.1. The van der Waals surface area contributed by atoms with Crippen molar-refractivity contribution in [2.75, 3.05) is 0 Å². The molecule has 0 N–H and O–H groups in total. The molecule has 0 radical (unpaired) electrons. The second-order valence-corrected chi connectivity index (χ2v) is 4.76. The predicted octanol–water partition coefficient (Wildman–Crippen LogP) is 2.92. The van der Waals surface area contributed by atoms with E-state index < -0.39 is 0 Å². The molecule has 0 bridgehead atoms. The van der Waals surface area contributed by atoms with Crippen LogP contribution in [-0.4, -0.2) is 10.8 Å². The van der Waals surface area contributed by atoms with Gasteiger partial charge in [-0.2, -0.15) is 0 Å². The number of fused-ring (bicyclic) bond motifs is 3. The highest BCUT2D eigenvalue weighted by Crippen LogP contribution is 2.39. The summed E-state index contributed by atoms with van der Waals surface area (Å²) in [6.45, 7) is 1.57. The topological polar surface area (TPSA) is 30.0 Å². The van der Waals surface area contributed by atoms with Crippen LogP contribution in [0.4, 0.5) is 0 Å². The molecule has 1 aromatic carbocycles. The molecule has 15 heavy (non-hydrogen) atoms. The largest absolute Gasteiger partial charge is 0.292 e. The van der Waals surface area contributed by atoms with Crippen LogP contribution < -0.4 is 0 Å². The Morgan fingerprint density at radius 3 is 3.00 bits per heavy atom. The molecule has 1 aromatic heterocycles. The molecule has 0 fully saturated rings. The van der Waals surface area contributed by atoms with E-state index in [1.54, 1.807) is 6.92 Å². The van der Waals surface area contributed by atoms with Crippen LogP contribution in [0.5, 0.6) is 0 Å². The zero-order valence-corrected chi connectivity index (χ0v) is 9.10. The molecule has 0 aliphatic heterocycles. The summed E-state index contributed by atoms with van der Waals surface area (Å²) in [4.78, 5) is 16.8. The van der Waals surface area contributed by atoms with E-state index in [1.165, 1.54) is 27.3 Å². The van der Waals surface area contributed by atoms with Crippen LogP contribution in [-0.2, 0) is 6.42 Å². The van der Waals surface area contributed by atoms with Crippen molar-refractivity contribution in [1.29, 1.82) is 0 Å². The van der Waals surface area contributed by atoms with Crippen molar-refractivity contribution < 1.29 is 4.79 Å². The Morgan fingerprint density at radius 1 is 1.40 bits per heavy atom. The summed E-state index contributed by atoms with van der Waals surface area (Å²) in [5, 5.41) is 0.634. The SMILES string of the molecule is CC(=O)c1nc2c(s1)Cc1ccccc1-2. The Hall–Kier alpha value is -1.48. The summed E-state index contributed by atoms with van der Waals surface area (Å²) in [5.74, 6) is 0.0619. The molecular formula is C12H9NOS. The number of aromatic nitrogens is 1. The standard InChI is InChI=1S/C12H9NOS/c1-7(14)12-13-11-9-5-3-2-4-8(9)6-10(11)15-12/h2-5H,6H2,1H3. The minimum absolute atomic E-state index is 0.0619. The zero-order chi connectivity index (χ0) is 10.4. The minimum atomic E-state index is 0.0619. The van der Waals surface area contributed by atoms with Crippen molar-refractivity contribution in [3.05, 3.63) is 39.7 Å². The maximum atomic E-state index is 11.2. The van der Waals surface area contributed by atoms with Crippen molar-refractivity contribution >= 4 is 17.1 Å². The molecule has 3 heteroatoms. The van der Waals surface area contributed by atoms with Gasteiger partial charge in [-0.1, -0.05) is 24.3 Å². The highest BCUT2D eigenvalue weighted by molar-refractivity contribution is 7.14. The van der Waals surface area contributed by atoms with Gasteiger partial charge in [-0.25, -0.2) is 4.98 Å². The number of hydrogen-bond donors (Lipinski definition) is 0. The molecule has 0 unspecified atom stereocenters. The number of benzene rings is 1. The first-order chi connectivity index (χ1) is 7.25. The van der Waals surface area contributed by atoms with Gasteiger partial charge >= 0.3 is 0 Å². The van der Waals surface area contributed by atoms with Crippen LogP contribution >= 0.6 is 11.3 Å². The first-order valence-corrected chi connectivity index (χ1v) is 5.66. The fraction of sp³-hybridized carbons (Fsp3) is 0.167. The molecular weight excluding hydrogens is 206 g/mol. The number of carbonyl (C=O) groups excluding carboxylic acids is 1. The predicted molar refractivity (Wildman–Crippen MR) is 60.4 cm³/mol. The third-order valence-electron chi connectivity index (χ3n) is 2.62. The van der Waals surface area contributed by atoms with Gasteiger partial charge in [-0.3, -0.25) is 4.79 Å².